The Hall–Kier alpha value is -1.89. The van der Waals surface area contributed by atoms with E-state index < -0.39 is 9.84 Å². The van der Waals surface area contributed by atoms with Crippen LogP contribution in [0.5, 0.6) is 0 Å². The summed E-state index contributed by atoms with van der Waals surface area (Å²) < 4.78 is 27.6. The third-order valence-electron chi connectivity index (χ3n) is 3.28. The molecule has 0 aliphatic carbocycles. The van der Waals surface area contributed by atoms with Gasteiger partial charge in [0.05, 0.1) is 18.1 Å². The molecule has 1 amide bonds. The molecular weight excluding hydrogens is 280 g/mol. The first-order valence-electron chi connectivity index (χ1n) is 6.31. The van der Waals surface area contributed by atoms with Gasteiger partial charge in [-0.1, -0.05) is 0 Å². The Bertz CT molecular complexity index is 706. The maximum atomic E-state index is 11.7. The van der Waals surface area contributed by atoms with Crippen molar-refractivity contribution < 1.29 is 17.6 Å². The van der Waals surface area contributed by atoms with Crippen molar-refractivity contribution in [1.82, 2.24) is 10.3 Å². The summed E-state index contributed by atoms with van der Waals surface area (Å²) in [5.41, 5.74) is 0.731. The second kappa shape index (κ2) is 4.90. The molecule has 3 rings (SSSR count). The lowest BCUT2D eigenvalue weighted by molar-refractivity contribution is -0.122. The van der Waals surface area contributed by atoms with Crippen LogP contribution in [0.1, 0.15) is 12.2 Å². The van der Waals surface area contributed by atoms with Gasteiger partial charge in [-0.3, -0.25) is 9.78 Å². The number of amides is 1. The Morgan fingerprint density at radius 1 is 1.45 bits per heavy atom. The van der Waals surface area contributed by atoms with Crippen LogP contribution in [0.25, 0.3) is 11.0 Å². The minimum atomic E-state index is -2.87. The second-order valence-electron chi connectivity index (χ2n) is 5.05. The molecule has 106 valence electrons. The Balaban J connectivity index is 1.53. The molecule has 1 aliphatic heterocycles. The molecule has 2 aromatic rings. The Labute approximate surface area is 116 Å². The normalized spacial score (nSPS) is 17.8. The number of carbonyl (C=O) groups excluding carboxylic acids is 1. The van der Waals surface area contributed by atoms with Crippen LogP contribution < -0.4 is 5.32 Å². The van der Waals surface area contributed by atoms with Crippen molar-refractivity contribution in [3.8, 4) is 0 Å². The first kappa shape index (κ1) is 13.1. The van der Waals surface area contributed by atoms with E-state index >= 15 is 0 Å². The van der Waals surface area contributed by atoms with E-state index in [4.69, 9.17) is 4.42 Å². The summed E-state index contributed by atoms with van der Waals surface area (Å²) in [4.78, 5) is 15.7. The summed E-state index contributed by atoms with van der Waals surface area (Å²) in [6, 6.07) is 3.59. The molecule has 1 saturated heterocycles. The number of hydrogen-bond donors (Lipinski definition) is 1. The number of hydrogen-bond acceptors (Lipinski definition) is 5. The third kappa shape index (κ3) is 2.82. The van der Waals surface area contributed by atoms with Gasteiger partial charge in [-0.05, 0) is 18.1 Å². The minimum Gasteiger partial charge on any atom is -0.459 e. The van der Waals surface area contributed by atoms with Crippen molar-refractivity contribution in [3.63, 3.8) is 0 Å². The molecule has 0 bridgehead atoms. The smallest absolute Gasteiger partial charge is 0.220 e. The zero-order chi connectivity index (χ0) is 14.2. The summed E-state index contributed by atoms with van der Waals surface area (Å²) in [6.45, 7) is 0.299. The number of nitrogens with one attached hydrogen (secondary N) is 1. The molecule has 1 N–H and O–H groups in total. The first-order valence-corrected chi connectivity index (χ1v) is 8.13. The summed E-state index contributed by atoms with van der Waals surface area (Å²) in [7, 11) is -2.87. The lowest BCUT2D eigenvalue weighted by Crippen LogP contribution is -2.39. The molecule has 1 aliphatic rings. The van der Waals surface area contributed by atoms with Crippen molar-refractivity contribution in [2.45, 2.75) is 13.0 Å². The topological polar surface area (TPSA) is 89.3 Å². The fraction of sp³-hybridized carbons (Fsp3) is 0.385. The van der Waals surface area contributed by atoms with Crippen molar-refractivity contribution in [1.29, 1.82) is 0 Å². The molecule has 0 atom stereocenters. The van der Waals surface area contributed by atoms with Crippen LogP contribution in [0, 0.1) is 5.92 Å². The van der Waals surface area contributed by atoms with Gasteiger partial charge in [0.2, 0.25) is 5.91 Å². The number of nitrogens with zero attached hydrogens (tertiary/aromatic N) is 1. The number of aromatic nitrogens is 1. The van der Waals surface area contributed by atoms with Crippen molar-refractivity contribution in [3.05, 3.63) is 30.3 Å². The lowest BCUT2D eigenvalue weighted by atomic mass is 10.1. The highest BCUT2D eigenvalue weighted by atomic mass is 32.2. The van der Waals surface area contributed by atoms with E-state index in [0.717, 1.165) is 11.0 Å². The maximum Gasteiger partial charge on any atom is 0.220 e. The molecule has 3 heterocycles. The molecule has 1 fully saturated rings. The van der Waals surface area contributed by atoms with Gasteiger partial charge in [0.15, 0.2) is 9.84 Å². The molecule has 0 aromatic carbocycles. The Morgan fingerprint density at radius 2 is 2.25 bits per heavy atom. The molecule has 0 unspecified atom stereocenters. The van der Waals surface area contributed by atoms with Crippen LogP contribution in [0.3, 0.4) is 0 Å². The van der Waals surface area contributed by atoms with E-state index in [1.165, 1.54) is 0 Å². The highest BCUT2D eigenvalue weighted by Crippen LogP contribution is 2.21. The molecule has 2 aromatic heterocycles. The van der Waals surface area contributed by atoms with Gasteiger partial charge in [0, 0.05) is 24.2 Å². The molecule has 0 saturated carbocycles. The van der Waals surface area contributed by atoms with E-state index in [1.807, 2.05) is 6.07 Å². The average Bonchev–Trinajstić information content (AvgIpc) is 2.77. The van der Waals surface area contributed by atoms with Gasteiger partial charge in [-0.2, -0.15) is 0 Å². The highest BCUT2D eigenvalue weighted by molar-refractivity contribution is 7.92. The molecule has 0 radical (unpaired) electrons. The van der Waals surface area contributed by atoms with Crippen LogP contribution >= 0.6 is 0 Å². The second-order valence-corrected chi connectivity index (χ2v) is 7.20. The van der Waals surface area contributed by atoms with Crippen LogP contribution in [0.2, 0.25) is 0 Å². The molecular formula is C13H14N2O4S. The number of furan rings is 1. The SMILES string of the molecule is O=C(CC1CS(=O)(=O)C1)NCc1cc2cnccc2o1. The largest absolute Gasteiger partial charge is 0.459 e. The first-order chi connectivity index (χ1) is 9.52. The van der Waals surface area contributed by atoms with Crippen molar-refractivity contribution >= 4 is 26.7 Å². The summed E-state index contributed by atoms with van der Waals surface area (Å²) in [6.07, 6.45) is 3.59. The quantitative estimate of drug-likeness (QED) is 0.904. The standard InChI is InChI=1S/C13H14N2O4S/c16-13(3-9-7-20(17,18)8-9)15-6-11-4-10-5-14-2-1-12(10)19-11/h1-2,4-5,9H,3,6-8H2,(H,15,16). The Morgan fingerprint density at radius 3 is 2.95 bits per heavy atom. The summed E-state index contributed by atoms with van der Waals surface area (Å²) in [5, 5.41) is 3.63. The van der Waals surface area contributed by atoms with Gasteiger partial charge >= 0.3 is 0 Å². The highest BCUT2D eigenvalue weighted by Gasteiger charge is 2.34. The summed E-state index contributed by atoms with van der Waals surface area (Å²) in [5.74, 6) is 0.707. The zero-order valence-corrected chi connectivity index (χ0v) is 11.5. The van der Waals surface area contributed by atoms with Crippen LogP contribution in [-0.2, 0) is 21.2 Å². The molecule has 7 heteroatoms. The van der Waals surface area contributed by atoms with Gasteiger partial charge in [0.1, 0.15) is 11.3 Å². The monoisotopic (exact) mass is 294 g/mol. The van der Waals surface area contributed by atoms with Crippen LogP contribution in [0.15, 0.2) is 28.9 Å². The number of rotatable bonds is 4. The fourth-order valence-electron chi connectivity index (χ4n) is 2.33. The Kier molecular flexibility index (Phi) is 3.21. The minimum absolute atomic E-state index is 0.0418. The van der Waals surface area contributed by atoms with Gasteiger partial charge in [0.25, 0.3) is 0 Å². The van der Waals surface area contributed by atoms with Gasteiger partial charge in [-0.15, -0.1) is 0 Å². The van der Waals surface area contributed by atoms with E-state index in [9.17, 15) is 13.2 Å². The molecule has 0 spiro atoms. The number of pyridine rings is 1. The van der Waals surface area contributed by atoms with Crippen molar-refractivity contribution in [2.75, 3.05) is 11.5 Å². The number of carbonyl (C=O) groups is 1. The van der Waals surface area contributed by atoms with E-state index in [1.54, 1.807) is 18.5 Å². The molecule has 20 heavy (non-hydrogen) atoms. The maximum absolute atomic E-state index is 11.7. The molecule has 6 nitrogen and oxygen atoms in total. The van der Waals surface area contributed by atoms with Crippen LogP contribution in [-0.4, -0.2) is 30.8 Å². The van der Waals surface area contributed by atoms with E-state index in [0.29, 0.717) is 12.3 Å². The fourth-order valence-corrected chi connectivity index (χ4v) is 3.91. The lowest BCUT2D eigenvalue weighted by Gasteiger charge is -2.24. The zero-order valence-electron chi connectivity index (χ0n) is 10.7. The predicted molar refractivity (Wildman–Crippen MR) is 72.6 cm³/mol. The van der Waals surface area contributed by atoms with E-state index in [2.05, 4.69) is 10.3 Å². The average molecular weight is 294 g/mol. The van der Waals surface area contributed by atoms with Gasteiger partial charge in [-0.25, -0.2) is 8.42 Å². The predicted octanol–water partition coefficient (Wildman–Crippen LogP) is 0.879. The third-order valence-corrected chi connectivity index (χ3v) is 5.24. The van der Waals surface area contributed by atoms with Crippen LogP contribution in [0.4, 0.5) is 0 Å². The number of sulfone groups is 1. The van der Waals surface area contributed by atoms with Crippen molar-refractivity contribution in [2.24, 2.45) is 5.92 Å². The summed E-state index contributed by atoms with van der Waals surface area (Å²) >= 11 is 0. The number of fused-ring (bicyclic) bond motifs is 1. The van der Waals surface area contributed by atoms with E-state index in [-0.39, 0.29) is 29.8 Å². The van der Waals surface area contributed by atoms with Gasteiger partial charge < -0.3 is 9.73 Å².